The van der Waals surface area contributed by atoms with E-state index in [2.05, 4.69) is 32.2 Å². The van der Waals surface area contributed by atoms with E-state index >= 15 is 0 Å². The van der Waals surface area contributed by atoms with Crippen molar-refractivity contribution in [1.29, 1.82) is 0 Å². The van der Waals surface area contributed by atoms with Gasteiger partial charge in [0, 0.05) is 24.5 Å². The van der Waals surface area contributed by atoms with Gasteiger partial charge in [0.25, 0.3) is 0 Å². The third kappa shape index (κ3) is 4.62. The molecule has 0 aliphatic carbocycles. The largest absolute Gasteiger partial charge is 0.382 e. The van der Waals surface area contributed by atoms with Gasteiger partial charge in [-0.05, 0) is 42.5 Å². The fraction of sp³-hybridized carbons (Fsp3) is 0.167. The van der Waals surface area contributed by atoms with Crippen LogP contribution in [0.3, 0.4) is 0 Å². The quantitative estimate of drug-likeness (QED) is 0.364. The van der Waals surface area contributed by atoms with Crippen LogP contribution in [0.1, 0.15) is 0 Å². The first kappa shape index (κ1) is 22.3. The fourth-order valence-electron chi connectivity index (χ4n) is 3.87. The molecule has 178 valence electrons. The number of carbonyl (C=O) groups is 1. The molecule has 0 unspecified atom stereocenters. The third-order valence-electron chi connectivity index (χ3n) is 5.56. The summed E-state index contributed by atoms with van der Waals surface area (Å²) in [5, 5.41) is 5.75. The molecule has 1 aliphatic rings. The van der Waals surface area contributed by atoms with Gasteiger partial charge in [0.2, 0.25) is 11.9 Å². The second-order valence-electron chi connectivity index (χ2n) is 7.85. The number of imidazole rings is 1. The summed E-state index contributed by atoms with van der Waals surface area (Å²) in [5.74, 6) is -0.291. The van der Waals surface area contributed by atoms with Crippen molar-refractivity contribution in [3.8, 4) is 5.69 Å². The Labute approximate surface area is 200 Å². The predicted octanol–water partition coefficient (Wildman–Crippen LogP) is 3.24. The van der Waals surface area contributed by atoms with Crippen molar-refractivity contribution >= 4 is 45.9 Å². The van der Waals surface area contributed by atoms with Gasteiger partial charge >= 0.3 is 0 Å². The molecule has 4 N–H and O–H groups in total. The number of nitrogen functional groups attached to an aromatic ring is 1. The second kappa shape index (κ2) is 9.39. The van der Waals surface area contributed by atoms with Crippen LogP contribution >= 0.6 is 0 Å². The summed E-state index contributed by atoms with van der Waals surface area (Å²) in [6.07, 6.45) is 2.77. The smallest absolute Gasteiger partial charge is 0.247 e. The maximum atomic E-state index is 14.8. The van der Waals surface area contributed by atoms with Gasteiger partial charge in [-0.2, -0.15) is 9.97 Å². The molecular weight excluding hydrogens is 451 g/mol. The molecule has 5 rings (SSSR count). The molecule has 0 radical (unpaired) electrons. The Kier molecular flexibility index (Phi) is 5.98. The Morgan fingerprint density at radius 2 is 1.97 bits per heavy atom. The molecule has 0 saturated carbocycles. The molecule has 2 aromatic carbocycles. The molecule has 1 amide bonds. The Morgan fingerprint density at radius 1 is 1.14 bits per heavy atom. The van der Waals surface area contributed by atoms with Crippen LogP contribution in [0.5, 0.6) is 0 Å². The van der Waals surface area contributed by atoms with E-state index in [1.807, 2.05) is 11.0 Å². The zero-order valence-corrected chi connectivity index (χ0v) is 18.7. The summed E-state index contributed by atoms with van der Waals surface area (Å²) >= 11 is 0. The van der Waals surface area contributed by atoms with Gasteiger partial charge in [-0.15, -0.1) is 0 Å². The molecule has 11 heteroatoms. The molecule has 4 aromatic rings. The number of halogens is 1. The number of carbonyl (C=O) groups excluding carboxylic acids is 1. The number of aromatic nitrogens is 4. The number of nitrogens with zero attached hydrogens (tertiary/aromatic N) is 5. The van der Waals surface area contributed by atoms with E-state index < -0.39 is 0 Å². The summed E-state index contributed by atoms with van der Waals surface area (Å²) in [5.41, 5.74) is 9.32. The number of amides is 1. The van der Waals surface area contributed by atoms with E-state index in [0.29, 0.717) is 60.2 Å². The average Bonchev–Trinajstić information content (AvgIpc) is 3.29. The Hall–Kier alpha value is -4.51. The molecular formula is C24H23FN8O2. The van der Waals surface area contributed by atoms with Crippen LogP contribution in [0.15, 0.2) is 61.4 Å². The summed E-state index contributed by atoms with van der Waals surface area (Å²) in [6.45, 7) is 5.89. The van der Waals surface area contributed by atoms with Crippen LogP contribution in [0, 0.1) is 5.82 Å². The highest BCUT2D eigenvalue weighted by atomic mass is 19.1. The predicted molar refractivity (Wildman–Crippen MR) is 133 cm³/mol. The van der Waals surface area contributed by atoms with Gasteiger partial charge in [0.05, 0.1) is 24.6 Å². The lowest BCUT2D eigenvalue weighted by molar-refractivity contribution is -0.111. The second-order valence-corrected chi connectivity index (χ2v) is 7.85. The molecule has 10 nitrogen and oxygen atoms in total. The maximum Gasteiger partial charge on any atom is 0.247 e. The van der Waals surface area contributed by atoms with E-state index in [4.69, 9.17) is 10.5 Å². The molecule has 1 aliphatic heterocycles. The molecule has 0 spiro atoms. The Bertz CT molecular complexity index is 1410. The normalized spacial score (nSPS) is 13.6. The first-order valence-corrected chi connectivity index (χ1v) is 11.0. The van der Waals surface area contributed by atoms with Crippen molar-refractivity contribution in [2.45, 2.75) is 0 Å². The number of hydrogen-bond acceptors (Lipinski definition) is 8. The number of rotatable bonds is 6. The first-order chi connectivity index (χ1) is 17.0. The minimum Gasteiger partial charge on any atom is -0.382 e. The van der Waals surface area contributed by atoms with E-state index in [0.717, 1.165) is 0 Å². The van der Waals surface area contributed by atoms with Crippen LogP contribution < -0.4 is 21.3 Å². The highest BCUT2D eigenvalue weighted by molar-refractivity contribution is 5.99. The average molecular weight is 475 g/mol. The molecule has 0 bridgehead atoms. The number of benzene rings is 2. The third-order valence-corrected chi connectivity index (χ3v) is 5.56. The van der Waals surface area contributed by atoms with E-state index in [1.54, 1.807) is 41.2 Å². The van der Waals surface area contributed by atoms with Crippen molar-refractivity contribution in [3.05, 3.63) is 67.3 Å². The molecule has 2 aromatic heterocycles. The zero-order valence-electron chi connectivity index (χ0n) is 18.7. The molecule has 3 heterocycles. The van der Waals surface area contributed by atoms with Gasteiger partial charge in [-0.25, -0.2) is 9.37 Å². The molecule has 1 saturated heterocycles. The number of fused-ring (bicyclic) bond motifs is 1. The van der Waals surface area contributed by atoms with Gasteiger partial charge < -0.3 is 26.0 Å². The van der Waals surface area contributed by atoms with Gasteiger partial charge in [-0.1, -0.05) is 12.6 Å². The summed E-state index contributed by atoms with van der Waals surface area (Å²) in [6, 6.07) is 12.1. The minimum absolute atomic E-state index is 0.178. The Balaban J connectivity index is 1.44. The lowest BCUT2D eigenvalue weighted by atomic mass is 10.2. The fourth-order valence-corrected chi connectivity index (χ4v) is 3.87. The number of morpholine rings is 1. The van der Waals surface area contributed by atoms with Crippen molar-refractivity contribution in [2.75, 3.05) is 47.6 Å². The lowest BCUT2D eigenvalue weighted by Crippen LogP contribution is -2.36. The van der Waals surface area contributed by atoms with Gasteiger partial charge in [0.1, 0.15) is 12.1 Å². The van der Waals surface area contributed by atoms with E-state index in [-0.39, 0.29) is 23.5 Å². The topological polar surface area (TPSA) is 123 Å². The highest BCUT2D eigenvalue weighted by Gasteiger charge is 2.17. The number of nitrogens with two attached hydrogens (primary N) is 1. The summed E-state index contributed by atoms with van der Waals surface area (Å²) in [4.78, 5) is 26.8. The van der Waals surface area contributed by atoms with Crippen LogP contribution in [0.2, 0.25) is 0 Å². The minimum atomic E-state index is -0.352. The van der Waals surface area contributed by atoms with Crippen molar-refractivity contribution in [1.82, 2.24) is 19.5 Å². The van der Waals surface area contributed by atoms with E-state index in [9.17, 15) is 9.18 Å². The Morgan fingerprint density at radius 3 is 2.74 bits per heavy atom. The lowest BCUT2D eigenvalue weighted by Gasteiger charge is -2.29. The summed E-state index contributed by atoms with van der Waals surface area (Å²) in [7, 11) is 0. The number of hydrogen-bond donors (Lipinski definition) is 3. The van der Waals surface area contributed by atoms with Crippen LogP contribution in [-0.4, -0.2) is 51.7 Å². The first-order valence-electron chi connectivity index (χ1n) is 11.0. The van der Waals surface area contributed by atoms with Crippen molar-refractivity contribution < 1.29 is 13.9 Å². The monoisotopic (exact) mass is 474 g/mol. The van der Waals surface area contributed by atoms with Crippen LogP contribution in [0.25, 0.3) is 16.9 Å². The maximum absolute atomic E-state index is 14.8. The van der Waals surface area contributed by atoms with Crippen LogP contribution in [-0.2, 0) is 9.53 Å². The SMILES string of the molecule is C=CC(=O)Nc1cccc(-n2cnc3c(N)nc(Nc4ccc(N5CCOCC5)c(F)c4)nc32)c1. The zero-order chi connectivity index (χ0) is 24.4. The van der Waals surface area contributed by atoms with Crippen molar-refractivity contribution in [2.24, 2.45) is 0 Å². The molecule has 1 fully saturated rings. The molecule has 35 heavy (non-hydrogen) atoms. The van der Waals surface area contributed by atoms with E-state index in [1.165, 1.54) is 12.1 Å². The van der Waals surface area contributed by atoms with Crippen LogP contribution in [0.4, 0.5) is 33.2 Å². The van der Waals surface area contributed by atoms with Gasteiger partial charge in [-0.3, -0.25) is 9.36 Å². The summed E-state index contributed by atoms with van der Waals surface area (Å²) < 4.78 is 21.9. The van der Waals surface area contributed by atoms with Gasteiger partial charge in [0.15, 0.2) is 17.0 Å². The number of nitrogens with one attached hydrogen (secondary N) is 2. The number of ether oxygens (including phenoxy) is 1. The van der Waals surface area contributed by atoms with Crippen molar-refractivity contribution in [3.63, 3.8) is 0 Å². The number of anilines is 5. The highest BCUT2D eigenvalue weighted by Crippen LogP contribution is 2.27. The molecule has 0 atom stereocenters. The standard InChI is InChI=1S/C24H23FN8O2/c1-2-20(34)28-15-4-3-5-17(12-15)33-14-27-21-22(26)30-24(31-23(21)33)29-16-6-7-19(18(25)13-16)32-8-10-35-11-9-32/h2-7,12-14H,1,8-11H2,(H,28,34)(H3,26,29,30,31).